The molecule has 2 heterocycles. The van der Waals surface area contributed by atoms with Crippen LogP contribution in [0.15, 0.2) is 66.2 Å². The van der Waals surface area contributed by atoms with E-state index in [1.807, 2.05) is 0 Å². The van der Waals surface area contributed by atoms with Crippen LogP contribution in [0.4, 0.5) is 14.7 Å². The Morgan fingerprint density at radius 3 is 2.57 bits per heavy atom. The Kier molecular flexibility index (Phi) is 5.49. The molecule has 4 aromatic rings. The largest absolute Gasteiger partial charge is 0.507 e. The number of ether oxygens (including phenoxy) is 1. The number of imidazole rings is 1. The maximum atomic E-state index is 13.8. The summed E-state index contributed by atoms with van der Waals surface area (Å²) < 4.78 is 32.8. The van der Waals surface area contributed by atoms with Crippen LogP contribution in [0.2, 0.25) is 5.02 Å². The molecule has 176 valence electrons. The van der Waals surface area contributed by atoms with E-state index in [-0.39, 0.29) is 28.1 Å². The molecule has 0 bridgehead atoms. The summed E-state index contributed by atoms with van der Waals surface area (Å²) in [5.74, 6) is -4.26. The number of hydrogen-bond acceptors (Lipinski definition) is 5. The van der Waals surface area contributed by atoms with Gasteiger partial charge in [-0.1, -0.05) is 35.9 Å². The summed E-state index contributed by atoms with van der Waals surface area (Å²) in [5.41, 5.74) is 0.644. The van der Waals surface area contributed by atoms with E-state index in [1.54, 1.807) is 42.5 Å². The van der Waals surface area contributed by atoms with E-state index in [2.05, 4.69) is 9.97 Å². The average Bonchev–Trinajstić information content (AvgIpc) is 3.36. The third-order valence-electron chi connectivity index (χ3n) is 5.69. The van der Waals surface area contributed by atoms with Crippen LogP contribution in [-0.4, -0.2) is 33.9 Å². The molecule has 0 aliphatic carbocycles. The minimum Gasteiger partial charge on any atom is -0.507 e. The van der Waals surface area contributed by atoms with E-state index in [9.17, 15) is 23.5 Å². The summed E-state index contributed by atoms with van der Waals surface area (Å²) in [6.45, 7) is 0. The summed E-state index contributed by atoms with van der Waals surface area (Å²) in [6.07, 6.45) is 0. The van der Waals surface area contributed by atoms with Gasteiger partial charge in [-0.25, -0.2) is 13.8 Å². The van der Waals surface area contributed by atoms with Gasteiger partial charge in [-0.15, -0.1) is 0 Å². The van der Waals surface area contributed by atoms with E-state index >= 15 is 0 Å². The van der Waals surface area contributed by atoms with Gasteiger partial charge in [-0.2, -0.15) is 0 Å². The molecule has 1 amide bonds. The van der Waals surface area contributed by atoms with Gasteiger partial charge in [-0.05, 0) is 29.8 Å². The zero-order valence-corrected chi connectivity index (χ0v) is 18.8. The van der Waals surface area contributed by atoms with Crippen LogP contribution >= 0.6 is 11.6 Å². The number of ketones is 1. The lowest BCUT2D eigenvalue weighted by Crippen LogP contribution is -2.30. The van der Waals surface area contributed by atoms with E-state index < -0.39 is 35.1 Å². The maximum Gasteiger partial charge on any atom is 0.302 e. The smallest absolute Gasteiger partial charge is 0.302 e. The summed E-state index contributed by atoms with van der Waals surface area (Å²) in [4.78, 5) is 34.5. The molecule has 5 rings (SSSR count). The highest BCUT2D eigenvalue weighted by molar-refractivity contribution is 6.51. The summed E-state index contributed by atoms with van der Waals surface area (Å²) >= 11 is 6.06. The van der Waals surface area contributed by atoms with Crippen LogP contribution in [0.1, 0.15) is 17.2 Å². The first-order valence-corrected chi connectivity index (χ1v) is 10.7. The number of amides is 1. The Morgan fingerprint density at radius 1 is 1.09 bits per heavy atom. The van der Waals surface area contributed by atoms with Gasteiger partial charge < -0.3 is 14.8 Å². The second kappa shape index (κ2) is 8.52. The zero-order valence-electron chi connectivity index (χ0n) is 18.1. The van der Waals surface area contributed by atoms with Crippen molar-refractivity contribution < 1.29 is 28.2 Å². The Hall–Kier alpha value is -4.24. The highest BCUT2D eigenvalue weighted by atomic mass is 35.5. The quantitative estimate of drug-likeness (QED) is 0.232. The third-order valence-corrected chi connectivity index (χ3v) is 5.93. The minimum atomic E-state index is -1.13. The van der Waals surface area contributed by atoms with E-state index in [4.69, 9.17) is 16.3 Å². The molecule has 7 nitrogen and oxygen atoms in total. The number of aliphatic hydroxyl groups is 1. The van der Waals surface area contributed by atoms with Crippen molar-refractivity contribution >= 4 is 46.0 Å². The van der Waals surface area contributed by atoms with Gasteiger partial charge in [0.05, 0.1) is 29.8 Å². The molecular weight excluding hydrogens is 480 g/mol. The van der Waals surface area contributed by atoms with Crippen molar-refractivity contribution in [1.82, 2.24) is 9.97 Å². The Labute approximate surface area is 202 Å². The van der Waals surface area contributed by atoms with Gasteiger partial charge >= 0.3 is 5.91 Å². The van der Waals surface area contributed by atoms with Crippen molar-refractivity contribution in [3.05, 3.63) is 94.0 Å². The number of nitrogens with one attached hydrogen (secondary N) is 1. The number of fused-ring (bicyclic) bond motifs is 1. The fourth-order valence-electron chi connectivity index (χ4n) is 4.07. The predicted octanol–water partition coefficient (Wildman–Crippen LogP) is 5.13. The molecule has 0 spiro atoms. The van der Waals surface area contributed by atoms with Gasteiger partial charge in [0, 0.05) is 22.7 Å². The number of halogens is 3. The van der Waals surface area contributed by atoms with Gasteiger partial charge in [0.15, 0.2) is 11.6 Å². The molecule has 1 unspecified atom stereocenters. The third kappa shape index (κ3) is 3.79. The highest BCUT2D eigenvalue weighted by Crippen LogP contribution is 2.42. The first-order chi connectivity index (χ1) is 16.8. The molecule has 1 saturated heterocycles. The van der Waals surface area contributed by atoms with Crippen LogP contribution in [0, 0.1) is 11.6 Å². The van der Waals surface area contributed by atoms with Crippen molar-refractivity contribution in [3.63, 3.8) is 0 Å². The molecule has 0 radical (unpaired) electrons. The fraction of sp³-hybridized carbons (Fsp3) is 0.0800. The predicted molar refractivity (Wildman–Crippen MR) is 125 cm³/mol. The second-order valence-corrected chi connectivity index (χ2v) is 8.24. The topological polar surface area (TPSA) is 95.5 Å². The van der Waals surface area contributed by atoms with Crippen LogP contribution in [-0.2, 0) is 9.59 Å². The number of aromatic nitrogens is 2. The Balaban J connectivity index is 1.75. The molecule has 1 aliphatic heterocycles. The summed E-state index contributed by atoms with van der Waals surface area (Å²) in [6, 6.07) is 13.5. The number of H-pyrrole nitrogens is 1. The number of carbonyl (C=O) groups excluding carboxylic acids is 2. The molecule has 1 fully saturated rings. The molecule has 10 heteroatoms. The van der Waals surface area contributed by atoms with Crippen LogP contribution in [0.5, 0.6) is 5.75 Å². The number of aromatic amines is 1. The lowest BCUT2D eigenvalue weighted by Gasteiger charge is -2.23. The van der Waals surface area contributed by atoms with Crippen molar-refractivity contribution in [2.45, 2.75) is 6.04 Å². The van der Waals surface area contributed by atoms with Crippen LogP contribution in [0.3, 0.4) is 0 Å². The molecule has 1 aliphatic rings. The number of aliphatic hydroxyl groups excluding tert-OH is 1. The maximum absolute atomic E-state index is 13.8. The van der Waals surface area contributed by atoms with Gasteiger partial charge in [0.1, 0.15) is 11.5 Å². The van der Waals surface area contributed by atoms with Crippen molar-refractivity contribution in [3.8, 4) is 5.75 Å². The van der Waals surface area contributed by atoms with E-state index in [0.717, 1.165) is 17.0 Å². The van der Waals surface area contributed by atoms with Gasteiger partial charge in [0.25, 0.3) is 5.78 Å². The molecule has 1 atom stereocenters. The summed E-state index contributed by atoms with van der Waals surface area (Å²) in [5, 5.41) is 11.5. The monoisotopic (exact) mass is 495 g/mol. The summed E-state index contributed by atoms with van der Waals surface area (Å²) in [7, 11) is 1.46. The number of benzene rings is 3. The van der Waals surface area contributed by atoms with E-state index in [1.165, 1.54) is 13.2 Å². The number of Topliss-reactive ketones (excluding diaryl/α,β-unsaturated/α-hetero) is 1. The molecular formula is C25H16ClF2N3O4. The van der Waals surface area contributed by atoms with Crippen molar-refractivity contribution in [1.29, 1.82) is 0 Å². The van der Waals surface area contributed by atoms with Gasteiger partial charge in [-0.3, -0.25) is 14.5 Å². The second-order valence-electron chi connectivity index (χ2n) is 7.80. The first-order valence-electron chi connectivity index (χ1n) is 10.3. The Bertz CT molecular complexity index is 1510. The number of carbonyl (C=O) groups is 2. The zero-order chi connectivity index (χ0) is 24.9. The SMILES string of the molecule is COc1cccc(C2/C(=C(\O)c3cccc(Cl)c3)C(=O)C(=O)N2c2nc3cc(F)c(F)cc3[nH]2)c1. The fourth-order valence-corrected chi connectivity index (χ4v) is 4.27. The molecule has 35 heavy (non-hydrogen) atoms. The molecule has 0 saturated carbocycles. The first kappa shape index (κ1) is 22.5. The van der Waals surface area contributed by atoms with Crippen LogP contribution in [0.25, 0.3) is 16.8 Å². The van der Waals surface area contributed by atoms with Crippen molar-refractivity contribution in [2.24, 2.45) is 0 Å². The minimum absolute atomic E-state index is 0.0556. The Morgan fingerprint density at radius 2 is 1.83 bits per heavy atom. The van der Waals surface area contributed by atoms with Gasteiger partial charge in [0.2, 0.25) is 5.95 Å². The average molecular weight is 496 g/mol. The number of nitrogens with zero attached hydrogens (tertiary/aromatic N) is 2. The number of anilines is 1. The normalized spacial score (nSPS) is 17.4. The number of rotatable bonds is 4. The van der Waals surface area contributed by atoms with Crippen LogP contribution < -0.4 is 9.64 Å². The molecule has 1 aromatic heterocycles. The lowest BCUT2D eigenvalue weighted by atomic mass is 9.95. The number of hydrogen-bond donors (Lipinski definition) is 2. The number of methoxy groups -OCH3 is 1. The molecule has 2 N–H and O–H groups in total. The van der Waals surface area contributed by atoms with Crippen molar-refractivity contribution in [2.75, 3.05) is 12.0 Å². The molecule has 3 aromatic carbocycles. The highest BCUT2D eigenvalue weighted by Gasteiger charge is 2.48. The lowest BCUT2D eigenvalue weighted by molar-refractivity contribution is -0.132. The van der Waals surface area contributed by atoms with E-state index in [0.29, 0.717) is 16.3 Å². The standard InChI is InChI=1S/C25H16ClF2N3O4/c1-35-15-7-3-4-12(9-15)21-20(22(32)13-5-2-6-14(26)8-13)23(33)24(34)31(21)25-29-18-10-16(27)17(28)11-19(18)30-25/h2-11,21,32H,1H3,(H,29,30)/b22-20+.